The third-order valence-corrected chi connectivity index (χ3v) is 16.0. The molecule has 324 valence electrons. The molecular formula is C43H58F2N4O9S. The van der Waals surface area contributed by atoms with E-state index in [-0.39, 0.29) is 67.6 Å². The third kappa shape index (κ3) is 8.40. The molecule has 2 aromatic rings. The monoisotopic (exact) mass is 844 g/mol. The minimum atomic E-state index is -4.00. The Morgan fingerprint density at radius 1 is 1.02 bits per heavy atom. The van der Waals surface area contributed by atoms with Crippen molar-refractivity contribution in [3.05, 3.63) is 23.9 Å². The molecule has 13 nitrogen and oxygen atoms in total. The highest BCUT2D eigenvalue weighted by Crippen LogP contribution is 2.58. The Hall–Kier alpha value is -3.95. The maximum atomic E-state index is 16.4. The molecule has 2 amide bonds. The Morgan fingerprint density at radius 2 is 1.75 bits per heavy atom. The molecule has 16 heteroatoms. The van der Waals surface area contributed by atoms with E-state index in [1.54, 1.807) is 32.0 Å². The summed E-state index contributed by atoms with van der Waals surface area (Å²) in [5, 5.41) is 0. The second-order valence-corrected chi connectivity index (χ2v) is 21.2. The van der Waals surface area contributed by atoms with Crippen LogP contribution in [0, 0.1) is 34.5 Å². The van der Waals surface area contributed by atoms with Gasteiger partial charge >= 0.3 is 5.97 Å². The van der Waals surface area contributed by atoms with Gasteiger partial charge in [-0.1, -0.05) is 47.5 Å². The van der Waals surface area contributed by atoms with Crippen LogP contribution in [0.25, 0.3) is 11.0 Å². The standard InChI is InChI=1S/C43H58F2N4O9S/c1-8-25-21-42(25,39(53)48-59(54,55)41(6)16-17-41)22-31(50)35-27(9-2)33-23-49(35)38(52)28(40(3,4)5)20-34(51)57-32-18-24(32)12-10-11-15-43(44,45)36-37(58-33)47-30-19-26(56-7)13-14-29(30)46-36/h13-14,19,24-25,27-28,32-33,35H,8-12,15-18,20-23H2,1-7H3,(H,48,53)/t24-,25-,27-,28-,32-,33+,35+,42-/m1/s1. The molecule has 0 unspecified atom stereocenters. The summed E-state index contributed by atoms with van der Waals surface area (Å²) in [6, 6.07) is 3.53. The van der Waals surface area contributed by atoms with Crippen molar-refractivity contribution in [3.8, 4) is 11.6 Å². The Labute approximate surface area is 345 Å². The van der Waals surface area contributed by atoms with Crippen LogP contribution in [0.15, 0.2) is 18.2 Å². The molecule has 5 aliphatic rings. The molecule has 3 aliphatic carbocycles. The number of rotatable bonds is 9. The molecular weight excluding hydrogens is 787 g/mol. The van der Waals surface area contributed by atoms with Crippen molar-refractivity contribution >= 4 is 44.6 Å². The number of amides is 2. The molecule has 3 heterocycles. The van der Waals surface area contributed by atoms with E-state index in [0.717, 1.165) is 0 Å². The zero-order chi connectivity index (χ0) is 42.9. The number of benzene rings is 1. The number of sulfonamides is 1. The van der Waals surface area contributed by atoms with Crippen molar-refractivity contribution in [1.29, 1.82) is 0 Å². The van der Waals surface area contributed by atoms with Gasteiger partial charge in [0, 0.05) is 24.8 Å². The van der Waals surface area contributed by atoms with Gasteiger partial charge in [-0.05, 0) is 81.3 Å². The van der Waals surface area contributed by atoms with E-state index >= 15 is 8.78 Å². The van der Waals surface area contributed by atoms with Gasteiger partial charge in [0.05, 0.1) is 53.2 Å². The second-order valence-electron chi connectivity index (χ2n) is 19.0. The Balaban J connectivity index is 1.29. The molecule has 2 aliphatic heterocycles. The Kier molecular flexibility index (Phi) is 11.3. The van der Waals surface area contributed by atoms with Gasteiger partial charge in [0.2, 0.25) is 27.7 Å². The maximum absolute atomic E-state index is 16.4. The lowest BCUT2D eigenvalue weighted by Gasteiger charge is -2.35. The summed E-state index contributed by atoms with van der Waals surface area (Å²) in [5.74, 6) is -7.62. The number of alkyl halides is 2. The molecule has 1 N–H and O–H groups in total. The molecule has 3 saturated carbocycles. The molecule has 1 saturated heterocycles. The average Bonchev–Trinajstić information content (AvgIpc) is 4.13. The fourth-order valence-electron chi connectivity index (χ4n) is 9.32. The van der Waals surface area contributed by atoms with Crippen LogP contribution in [0.3, 0.4) is 0 Å². The first-order chi connectivity index (χ1) is 27.7. The number of hydrogen-bond donors (Lipinski definition) is 1. The van der Waals surface area contributed by atoms with Crippen LogP contribution in [0.1, 0.15) is 124 Å². The predicted molar refractivity (Wildman–Crippen MR) is 213 cm³/mol. The number of Topliss-reactive ketones (excluding diaryl/α,β-unsaturated/α-hetero) is 1. The largest absolute Gasteiger partial charge is 0.497 e. The number of nitrogens with zero attached hydrogens (tertiary/aromatic N) is 3. The van der Waals surface area contributed by atoms with Crippen molar-refractivity contribution < 1.29 is 50.6 Å². The number of ketones is 1. The van der Waals surface area contributed by atoms with E-state index in [1.165, 1.54) is 12.0 Å². The molecule has 0 spiro atoms. The van der Waals surface area contributed by atoms with Gasteiger partial charge in [-0.25, -0.2) is 18.4 Å². The summed E-state index contributed by atoms with van der Waals surface area (Å²) < 4.78 is 78.1. The summed E-state index contributed by atoms with van der Waals surface area (Å²) in [6.45, 7) is 10.5. The van der Waals surface area contributed by atoms with Gasteiger partial charge in [0.1, 0.15) is 18.0 Å². The van der Waals surface area contributed by atoms with Gasteiger partial charge in [-0.2, -0.15) is 8.78 Å². The van der Waals surface area contributed by atoms with Crippen LogP contribution in [0.5, 0.6) is 11.6 Å². The molecule has 2 bridgehead atoms. The zero-order valence-corrected chi connectivity index (χ0v) is 36.0. The highest BCUT2D eigenvalue weighted by atomic mass is 32.2. The minimum Gasteiger partial charge on any atom is -0.497 e. The Bertz CT molecular complexity index is 2120. The van der Waals surface area contributed by atoms with Crippen molar-refractivity contribution in [2.45, 2.75) is 148 Å². The highest BCUT2D eigenvalue weighted by Gasteiger charge is 2.63. The van der Waals surface area contributed by atoms with E-state index in [2.05, 4.69) is 14.7 Å². The first kappa shape index (κ1) is 43.1. The van der Waals surface area contributed by atoms with Crippen molar-refractivity contribution in [3.63, 3.8) is 0 Å². The van der Waals surface area contributed by atoms with E-state index in [1.807, 2.05) is 27.7 Å². The highest BCUT2D eigenvalue weighted by molar-refractivity contribution is 7.91. The number of ether oxygens (including phenoxy) is 3. The van der Waals surface area contributed by atoms with Crippen LogP contribution in [-0.4, -0.2) is 83.5 Å². The van der Waals surface area contributed by atoms with Crippen LogP contribution >= 0.6 is 0 Å². The zero-order valence-electron chi connectivity index (χ0n) is 35.1. The van der Waals surface area contributed by atoms with Gasteiger partial charge in [-0.3, -0.25) is 23.9 Å². The number of aromatic nitrogens is 2. The van der Waals surface area contributed by atoms with Gasteiger partial charge in [0.15, 0.2) is 11.5 Å². The van der Waals surface area contributed by atoms with Crippen LogP contribution < -0.4 is 14.2 Å². The number of esters is 1. The number of carbonyl (C=O) groups is 4. The smallest absolute Gasteiger partial charge is 0.306 e. The molecule has 59 heavy (non-hydrogen) atoms. The number of carbonyl (C=O) groups excluding carboxylic acids is 4. The quantitative estimate of drug-likeness (QED) is 0.268. The third-order valence-electron chi connectivity index (χ3n) is 13.8. The van der Waals surface area contributed by atoms with Gasteiger partial charge < -0.3 is 19.1 Å². The molecule has 1 aromatic carbocycles. The lowest BCUT2D eigenvalue weighted by atomic mass is 9.77. The van der Waals surface area contributed by atoms with E-state index < -0.39 is 97.1 Å². The second kappa shape index (κ2) is 15.5. The fourth-order valence-corrected chi connectivity index (χ4v) is 10.7. The van der Waals surface area contributed by atoms with Crippen LogP contribution in [-0.2, 0) is 39.9 Å². The van der Waals surface area contributed by atoms with Crippen molar-refractivity contribution in [1.82, 2.24) is 19.6 Å². The maximum Gasteiger partial charge on any atom is 0.306 e. The number of methoxy groups -OCH3 is 1. The van der Waals surface area contributed by atoms with Gasteiger partial charge in [0.25, 0.3) is 5.92 Å². The Morgan fingerprint density at radius 3 is 2.37 bits per heavy atom. The van der Waals surface area contributed by atoms with Crippen molar-refractivity contribution in [2.24, 2.45) is 34.5 Å². The normalized spacial score (nSPS) is 31.7. The number of hydrogen-bond acceptors (Lipinski definition) is 11. The summed E-state index contributed by atoms with van der Waals surface area (Å²) in [6.07, 6.45) is 1.30. The lowest BCUT2D eigenvalue weighted by molar-refractivity contribution is -0.154. The molecule has 7 rings (SSSR count). The SMILES string of the molecule is CC[C@@H]1[C@@H]2CN(C(=O)[C@H](C(C)(C)C)CC(=O)O[C@@H]3C[C@H]3CCCCC(F)(F)c3nc4ccc(OC)cc4nc3O2)[C@@H]1C(=O)C[C@]1(C(=O)NS(=O)(=O)C2(C)CC2)C[C@H]1CC. The number of halogens is 2. The van der Waals surface area contributed by atoms with Crippen LogP contribution in [0.2, 0.25) is 0 Å². The van der Waals surface area contributed by atoms with Gasteiger partial charge in [-0.15, -0.1) is 0 Å². The molecule has 1 aromatic heterocycles. The first-order valence-corrected chi connectivity index (χ1v) is 22.7. The summed E-state index contributed by atoms with van der Waals surface area (Å²) in [7, 11) is -2.53. The molecule has 4 fully saturated rings. The molecule has 0 radical (unpaired) electrons. The minimum absolute atomic E-state index is 0.0391. The predicted octanol–water partition coefficient (Wildman–Crippen LogP) is 6.65. The summed E-state index contributed by atoms with van der Waals surface area (Å²) in [5.41, 5.74) is -2.26. The lowest BCUT2D eigenvalue weighted by Crippen LogP contribution is -2.50. The summed E-state index contributed by atoms with van der Waals surface area (Å²) in [4.78, 5) is 67.7. The van der Waals surface area contributed by atoms with Crippen molar-refractivity contribution in [2.75, 3.05) is 13.7 Å². The average molecular weight is 845 g/mol. The number of nitrogens with one attached hydrogen (secondary N) is 1. The number of fused-ring (bicyclic) bond motifs is 5. The van der Waals surface area contributed by atoms with E-state index in [4.69, 9.17) is 14.2 Å². The van der Waals surface area contributed by atoms with E-state index in [0.29, 0.717) is 44.3 Å². The topological polar surface area (TPSA) is 171 Å². The first-order valence-electron chi connectivity index (χ1n) is 21.2. The van der Waals surface area contributed by atoms with Crippen LogP contribution in [0.4, 0.5) is 8.78 Å². The fraction of sp³-hybridized carbons (Fsp3) is 0.721. The van der Waals surface area contributed by atoms with E-state index in [9.17, 15) is 27.6 Å². The molecule has 8 atom stereocenters. The summed E-state index contributed by atoms with van der Waals surface area (Å²) >= 11 is 0.